The van der Waals surface area contributed by atoms with E-state index in [1.807, 2.05) is 13.8 Å². The van der Waals surface area contributed by atoms with Gasteiger partial charge >= 0.3 is 0 Å². The third-order valence-corrected chi connectivity index (χ3v) is 2.14. The summed E-state index contributed by atoms with van der Waals surface area (Å²) in [5.74, 6) is 0.364. The van der Waals surface area contributed by atoms with Gasteiger partial charge in [-0.05, 0) is 32.0 Å². The van der Waals surface area contributed by atoms with Crippen molar-refractivity contribution in [2.75, 3.05) is 13.2 Å². The number of carbonyl (C=O) groups excluding carboxylic acids is 1. The second kappa shape index (κ2) is 7.46. The number of carbonyl (C=O) groups is 1. The highest BCUT2D eigenvalue weighted by Crippen LogP contribution is 2.16. The number of halogens is 2. The van der Waals surface area contributed by atoms with Gasteiger partial charge in [0.2, 0.25) is 0 Å². The van der Waals surface area contributed by atoms with Gasteiger partial charge in [0.25, 0.3) is 5.91 Å². The summed E-state index contributed by atoms with van der Waals surface area (Å²) in [6.07, 6.45) is 0. The lowest BCUT2D eigenvalue weighted by molar-refractivity contribution is -0.123. The van der Waals surface area contributed by atoms with Crippen LogP contribution in [0.25, 0.3) is 0 Å². The summed E-state index contributed by atoms with van der Waals surface area (Å²) in [6, 6.07) is 6.90. The lowest BCUT2D eigenvalue weighted by Gasteiger charge is -2.18. The van der Waals surface area contributed by atoms with Crippen LogP contribution in [0.2, 0.25) is 5.02 Å². The van der Waals surface area contributed by atoms with E-state index >= 15 is 0 Å². The Morgan fingerprint density at radius 1 is 1.50 bits per heavy atom. The summed E-state index contributed by atoms with van der Waals surface area (Å²) < 4.78 is 5.28. The fraction of sp³-hybridized carbons (Fsp3) is 0.417. The number of hydrogen-bond acceptors (Lipinski definition) is 3. The molecule has 0 saturated heterocycles. The molecule has 0 aromatic heterocycles. The van der Waals surface area contributed by atoms with Crippen molar-refractivity contribution in [1.29, 1.82) is 0 Å². The van der Waals surface area contributed by atoms with Crippen LogP contribution in [0.15, 0.2) is 24.3 Å². The molecule has 1 amide bonds. The van der Waals surface area contributed by atoms with Crippen molar-refractivity contribution in [2.45, 2.75) is 19.4 Å². The van der Waals surface area contributed by atoms with E-state index in [4.69, 9.17) is 22.1 Å². The molecule has 0 radical (unpaired) electrons. The standard InChI is InChI=1S/C12H17ClN2O2.ClH/c1-12(2,14)8-15-11(16)7-17-10-5-3-4-9(13)6-10;/h3-6H,7-8,14H2,1-2H3,(H,15,16);1H. The number of nitrogens with one attached hydrogen (secondary N) is 1. The average Bonchev–Trinajstić information content (AvgIpc) is 2.23. The predicted octanol–water partition coefficient (Wildman–Crippen LogP) is 1.99. The molecule has 0 spiro atoms. The minimum absolute atomic E-state index is 0. The quantitative estimate of drug-likeness (QED) is 0.872. The van der Waals surface area contributed by atoms with Crippen LogP contribution in [0.3, 0.4) is 0 Å². The van der Waals surface area contributed by atoms with Crippen LogP contribution in [0, 0.1) is 0 Å². The van der Waals surface area contributed by atoms with Gasteiger partial charge in [-0.2, -0.15) is 0 Å². The first kappa shape index (κ1) is 17.0. The van der Waals surface area contributed by atoms with Crippen molar-refractivity contribution in [3.05, 3.63) is 29.3 Å². The zero-order valence-corrected chi connectivity index (χ0v) is 12.0. The first-order valence-corrected chi connectivity index (χ1v) is 5.68. The maximum Gasteiger partial charge on any atom is 0.258 e. The van der Waals surface area contributed by atoms with Gasteiger partial charge in [-0.25, -0.2) is 0 Å². The minimum atomic E-state index is -0.425. The zero-order valence-electron chi connectivity index (χ0n) is 10.4. The van der Waals surface area contributed by atoms with Crippen LogP contribution in [-0.4, -0.2) is 24.6 Å². The Kier molecular flexibility index (Phi) is 7.06. The van der Waals surface area contributed by atoms with Gasteiger partial charge in [0, 0.05) is 17.1 Å². The lowest BCUT2D eigenvalue weighted by Crippen LogP contribution is -2.46. The SMILES string of the molecule is CC(C)(N)CNC(=O)COc1cccc(Cl)c1.Cl. The maximum atomic E-state index is 11.4. The zero-order chi connectivity index (χ0) is 12.9. The second-order valence-corrected chi connectivity index (χ2v) is 4.95. The van der Waals surface area contributed by atoms with E-state index < -0.39 is 5.54 Å². The van der Waals surface area contributed by atoms with Gasteiger partial charge in [0.15, 0.2) is 6.61 Å². The van der Waals surface area contributed by atoms with Gasteiger partial charge in [-0.15, -0.1) is 12.4 Å². The highest BCUT2D eigenvalue weighted by molar-refractivity contribution is 6.30. The lowest BCUT2D eigenvalue weighted by atomic mass is 10.1. The molecular formula is C12H18Cl2N2O2. The average molecular weight is 293 g/mol. The number of rotatable bonds is 5. The van der Waals surface area contributed by atoms with Crippen molar-refractivity contribution in [2.24, 2.45) is 5.73 Å². The van der Waals surface area contributed by atoms with E-state index in [1.54, 1.807) is 24.3 Å². The summed E-state index contributed by atoms with van der Waals surface area (Å²) in [5, 5.41) is 3.26. The molecule has 0 saturated carbocycles. The van der Waals surface area contributed by atoms with E-state index in [2.05, 4.69) is 5.32 Å². The van der Waals surface area contributed by atoms with E-state index in [-0.39, 0.29) is 24.9 Å². The molecule has 6 heteroatoms. The van der Waals surface area contributed by atoms with E-state index in [9.17, 15) is 4.79 Å². The molecule has 0 aliphatic heterocycles. The van der Waals surface area contributed by atoms with Crippen LogP contribution in [0.1, 0.15) is 13.8 Å². The molecule has 18 heavy (non-hydrogen) atoms. The molecule has 0 atom stereocenters. The summed E-state index contributed by atoms with van der Waals surface area (Å²) in [7, 11) is 0. The van der Waals surface area contributed by atoms with Crippen LogP contribution in [-0.2, 0) is 4.79 Å². The third-order valence-electron chi connectivity index (χ3n) is 1.91. The maximum absolute atomic E-state index is 11.4. The third kappa shape index (κ3) is 7.37. The number of nitrogens with two attached hydrogens (primary N) is 1. The monoisotopic (exact) mass is 292 g/mol. The Labute approximate surface area is 118 Å². The summed E-state index contributed by atoms with van der Waals surface area (Å²) >= 11 is 5.78. The first-order valence-electron chi connectivity index (χ1n) is 5.31. The Hall–Kier alpha value is -0.970. The summed E-state index contributed by atoms with van der Waals surface area (Å²) in [6.45, 7) is 4.04. The summed E-state index contributed by atoms with van der Waals surface area (Å²) in [4.78, 5) is 11.4. The number of hydrogen-bond donors (Lipinski definition) is 2. The number of amides is 1. The normalized spacial score (nSPS) is 10.4. The number of ether oxygens (including phenoxy) is 1. The van der Waals surface area contributed by atoms with E-state index in [0.29, 0.717) is 17.3 Å². The second-order valence-electron chi connectivity index (χ2n) is 4.51. The predicted molar refractivity (Wildman–Crippen MR) is 75.5 cm³/mol. The highest BCUT2D eigenvalue weighted by Gasteiger charge is 2.12. The summed E-state index contributed by atoms with van der Waals surface area (Å²) in [5.41, 5.74) is 5.31. The molecule has 1 aromatic rings. The van der Waals surface area contributed by atoms with Crippen molar-refractivity contribution in [3.8, 4) is 5.75 Å². The van der Waals surface area contributed by atoms with Crippen LogP contribution >= 0.6 is 24.0 Å². The molecule has 1 aromatic carbocycles. The highest BCUT2D eigenvalue weighted by atomic mass is 35.5. The van der Waals surface area contributed by atoms with Crippen LogP contribution < -0.4 is 15.8 Å². The Morgan fingerprint density at radius 3 is 2.72 bits per heavy atom. The van der Waals surface area contributed by atoms with Gasteiger partial charge in [-0.3, -0.25) is 4.79 Å². The van der Waals surface area contributed by atoms with E-state index in [1.165, 1.54) is 0 Å². The van der Waals surface area contributed by atoms with Crippen LogP contribution in [0.5, 0.6) is 5.75 Å². The Balaban J connectivity index is 0.00000289. The topological polar surface area (TPSA) is 64.3 Å². The molecule has 0 bridgehead atoms. The van der Waals surface area contributed by atoms with Crippen LogP contribution in [0.4, 0.5) is 0 Å². The van der Waals surface area contributed by atoms with Gasteiger partial charge in [-0.1, -0.05) is 17.7 Å². The van der Waals surface area contributed by atoms with Crippen molar-refractivity contribution in [3.63, 3.8) is 0 Å². The Bertz CT molecular complexity index is 392. The largest absolute Gasteiger partial charge is 0.484 e. The Morgan fingerprint density at radius 2 is 2.17 bits per heavy atom. The van der Waals surface area contributed by atoms with Crippen molar-refractivity contribution < 1.29 is 9.53 Å². The molecule has 0 aliphatic carbocycles. The molecule has 102 valence electrons. The molecule has 0 aliphatic rings. The van der Waals surface area contributed by atoms with E-state index in [0.717, 1.165) is 0 Å². The number of benzene rings is 1. The molecule has 0 heterocycles. The van der Waals surface area contributed by atoms with Gasteiger partial charge in [0.05, 0.1) is 0 Å². The minimum Gasteiger partial charge on any atom is -0.484 e. The van der Waals surface area contributed by atoms with Gasteiger partial charge < -0.3 is 15.8 Å². The molecule has 0 unspecified atom stereocenters. The fourth-order valence-electron chi connectivity index (χ4n) is 1.08. The first-order chi connectivity index (χ1) is 7.87. The van der Waals surface area contributed by atoms with Gasteiger partial charge in [0.1, 0.15) is 5.75 Å². The van der Waals surface area contributed by atoms with Crippen molar-refractivity contribution >= 4 is 29.9 Å². The smallest absolute Gasteiger partial charge is 0.258 e. The molecule has 1 rings (SSSR count). The molecular weight excluding hydrogens is 275 g/mol. The fourth-order valence-corrected chi connectivity index (χ4v) is 1.26. The molecule has 3 N–H and O–H groups in total. The molecule has 4 nitrogen and oxygen atoms in total. The van der Waals surface area contributed by atoms with Crippen molar-refractivity contribution in [1.82, 2.24) is 5.32 Å². The molecule has 0 fully saturated rings.